The zero-order valence-corrected chi connectivity index (χ0v) is 17.9. The fourth-order valence-corrected chi connectivity index (χ4v) is 3.35. The molecule has 3 N–H and O–H groups in total. The second-order valence-corrected chi connectivity index (χ2v) is 7.37. The molecular formula is C23H23FN3NaO6. The van der Waals surface area contributed by atoms with E-state index in [0.717, 1.165) is 17.0 Å². The van der Waals surface area contributed by atoms with Crippen molar-refractivity contribution in [1.82, 2.24) is 15.5 Å². The molecule has 0 bridgehead atoms. The van der Waals surface area contributed by atoms with Crippen LogP contribution in [0.2, 0.25) is 0 Å². The van der Waals surface area contributed by atoms with E-state index in [1.807, 2.05) is 0 Å². The van der Waals surface area contributed by atoms with E-state index in [-0.39, 0.29) is 35.1 Å². The molecule has 174 valence electrons. The molecule has 0 aromatic heterocycles. The Morgan fingerprint density at radius 2 is 1.91 bits per heavy atom. The van der Waals surface area contributed by atoms with Crippen molar-refractivity contribution in [3.05, 3.63) is 66.1 Å². The third kappa shape index (κ3) is 6.66. The maximum atomic E-state index is 14.4. The van der Waals surface area contributed by atoms with Crippen LogP contribution >= 0.6 is 0 Å². The number of nitrogens with one attached hydrogen (secondary N) is 2. The number of urea groups is 1. The molecule has 0 saturated heterocycles. The number of nitrogens with zero attached hydrogens (tertiary/aromatic N) is 1. The Balaban J connectivity index is 0.00000408. The number of carboxylic acids is 1. The Morgan fingerprint density at radius 1 is 1.18 bits per heavy atom. The summed E-state index contributed by atoms with van der Waals surface area (Å²) in [6, 6.07) is 7.31. The predicted octanol–water partition coefficient (Wildman–Crippen LogP) is 1.59. The predicted molar refractivity (Wildman–Crippen MR) is 123 cm³/mol. The topological polar surface area (TPSA) is 125 Å². The molecule has 9 nitrogen and oxygen atoms in total. The summed E-state index contributed by atoms with van der Waals surface area (Å²) in [4.78, 5) is 49.2. The first-order valence-corrected chi connectivity index (χ1v) is 9.90. The number of carbonyl (C=O) groups excluding carboxylic acids is 3. The summed E-state index contributed by atoms with van der Waals surface area (Å²) in [5.41, 5.74) is 1.27. The molecule has 1 unspecified atom stereocenters. The Bertz CT molecular complexity index is 1140. The molecule has 3 rings (SSSR count). The van der Waals surface area contributed by atoms with E-state index in [1.54, 1.807) is 30.3 Å². The second-order valence-electron chi connectivity index (χ2n) is 7.37. The zero-order chi connectivity index (χ0) is 24.1. The van der Waals surface area contributed by atoms with Crippen LogP contribution in [0.4, 0.5) is 9.18 Å². The maximum absolute atomic E-state index is 14.4. The van der Waals surface area contributed by atoms with Gasteiger partial charge in [-0.3, -0.25) is 14.4 Å². The molecule has 0 spiro atoms. The summed E-state index contributed by atoms with van der Waals surface area (Å²) in [5, 5.41) is 14.0. The minimum atomic E-state index is -1.44. The van der Waals surface area contributed by atoms with Crippen molar-refractivity contribution in [3.63, 3.8) is 0 Å². The number of benzene rings is 2. The van der Waals surface area contributed by atoms with Crippen LogP contribution in [0.3, 0.4) is 0 Å². The van der Waals surface area contributed by atoms with E-state index in [4.69, 9.17) is 4.74 Å². The van der Waals surface area contributed by atoms with Gasteiger partial charge in [-0.25, -0.2) is 9.18 Å². The van der Waals surface area contributed by atoms with E-state index in [0.29, 0.717) is 16.9 Å². The van der Waals surface area contributed by atoms with E-state index in [1.165, 1.54) is 26.4 Å². The molecule has 1 aliphatic rings. The van der Waals surface area contributed by atoms with Crippen molar-refractivity contribution in [2.45, 2.75) is 18.5 Å². The van der Waals surface area contributed by atoms with Crippen molar-refractivity contribution in [2.24, 2.45) is 0 Å². The van der Waals surface area contributed by atoms with E-state index < -0.39 is 48.0 Å². The standard InChI is InChI=1S/C23H22FN3O6.Na.H/c1-27-7-6-19(28)21(22(27)31)26-23(32)25-18(12-20(29)30)15-8-14(9-16(24)10-15)13-4-3-5-17(11-13)33-2;;/h3-11,18,21H,12H2,1-2H3,(H,29,30)(H2,25,26,32);;/t18-,21?;;/m0../s1. The zero-order valence-electron chi connectivity index (χ0n) is 17.9. The van der Waals surface area contributed by atoms with Crippen LogP contribution in [-0.2, 0) is 14.4 Å². The van der Waals surface area contributed by atoms with Gasteiger partial charge in [-0.15, -0.1) is 0 Å². The van der Waals surface area contributed by atoms with Gasteiger partial charge in [-0.05, 0) is 47.0 Å². The van der Waals surface area contributed by atoms with Gasteiger partial charge in [0.25, 0.3) is 5.91 Å². The summed E-state index contributed by atoms with van der Waals surface area (Å²) < 4.78 is 19.6. The summed E-state index contributed by atoms with van der Waals surface area (Å²) in [6.45, 7) is 0. The van der Waals surface area contributed by atoms with Gasteiger partial charge < -0.3 is 25.4 Å². The van der Waals surface area contributed by atoms with E-state index in [9.17, 15) is 28.7 Å². The third-order valence-corrected chi connectivity index (χ3v) is 5.03. The molecule has 1 heterocycles. The van der Waals surface area contributed by atoms with Crippen molar-refractivity contribution >= 4 is 53.2 Å². The Kier molecular flexibility index (Phi) is 9.36. The Morgan fingerprint density at radius 3 is 2.59 bits per heavy atom. The van der Waals surface area contributed by atoms with Gasteiger partial charge in [-0.2, -0.15) is 0 Å². The van der Waals surface area contributed by atoms with Crippen LogP contribution in [-0.4, -0.2) is 83.5 Å². The summed E-state index contributed by atoms with van der Waals surface area (Å²) in [6.07, 6.45) is 1.87. The molecular weight excluding hydrogens is 456 g/mol. The van der Waals surface area contributed by atoms with E-state index in [2.05, 4.69) is 10.6 Å². The number of methoxy groups -OCH3 is 1. The van der Waals surface area contributed by atoms with Crippen molar-refractivity contribution < 1.29 is 33.4 Å². The molecule has 0 saturated carbocycles. The average molecular weight is 479 g/mol. The number of ether oxygens (including phenoxy) is 1. The number of likely N-dealkylation sites (N-methyl/N-ethyl adjacent to an activating group) is 1. The number of ketones is 1. The van der Waals surface area contributed by atoms with E-state index >= 15 is 0 Å². The molecule has 0 aliphatic carbocycles. The molecule has 1 aliphatic heterocycles. The molecule has 34 heavy (non-hydrogen) atoms. The number of hydrogen-bond acceptors (Lipinski definition) is 5. The fourth-order valence-electron chi connectivity index (χ4n) is 3.35. The monoisotopic (exact) mass is 479 g/mol. The first-order valence-electron chi connectivity index (χ1n) is 9.90. The third-order valence-electron chi connectivity index (χ3n) is 5.03. The van der Waals surface area contributed by atoms with Gasteiger partial charge in [0.1, 0.15) is 11.6 Å². The number of carboxylic acid groups (broad SMARTS) is 1. The van der Waals surface area contributed by atoms with Crippen molar-refractivity contribution in [1.29, 1.82) is 0 Å². The van der Waals surface area contributed by atoms with Crippen LogP contribution in [0.15, 0.2) is 54.7 Å². The van der Waals surface area contributed by atoms with Gasteiger partial charge in [0.05, 0.1) is 19.6 Å². The van der Waals surface area contributed by atoms with Gasteiger partial charge >= 0.3 is 41.6 Å². The molecule has 2 aromatic carbocycles. The van der Waals surface area contributed by atoms with Crippen molar-refractivity contribution in [2.75, 3.05) is 14.2 Å². The second kappa shape index (κ2) is 11.8. The number of carbonyl (C=O) groups is 4. The average Bonchev–Trinajstić information content (AvgIpc) is 2.78. The van der Waals surface area contributed by atoms with Gasteiger partial charge in [0, 0.05) is 19.3 Å². The number of amides is 3. The van der Waals surface area contributed by atoms with Crippen LogP contribution in [0.1, 0.15) is 18.0 Å². The molecule has 3 amide bonds. The van der Waals surface area contributed by atoms with Crippen molar-refractivity contribution in [3.8, 4) is 16.9 Å². The number of rotatable bonds is 7. The molecule has 11 heteroatoms. The molecule has 2 aromatic rings. The van der Waals surface area contributed by atoms with Gasteiger partial charge in [0.15, 0.2) is 11.8 Å². The van der Waals surface area contributed by atoms with Gasteiger partial charge in [0.2, 0.25) is 0 Å². The first kappa shape index (κ1) is 27.0. The summed E-state index contributed by atoms with van der Waals surface area (Å²) >= 11 is 0. The van der Waals surface area contributed by atoms with Crippen LogP contribution < -0.4 is 15.4 Å². The summed E-state index contributed by atoms with van der Waals surface area (Å²) in [7, 11) is 2.93. The summed E-state index contributed by atoms with van der Waals surface area (Å²) in [5.74, 6) is -2.57. The van der Waals surface area contributed by atoms with Crippen LogP contribution in [0.25, 0.3) is 11.1 Å². The first-order chi connectivity index (χ1) is 15.7. The Labute approximate surface area is 217 Å². The van der Waals surface area contributed by atoms with Gasteiger partial charge in [-0.1, -0.05) is 12.1 Å². The molecule has 2 atom stereocenters. The van der Waals surface area contributed by atoms with Crippen LogP contribution in [0.5, 0.6) is 5.75 Å². The molecule has 0 radical (unpaired) electrons. The number of hydrogen-bond donors (Lipinski definition) is 3. The minimum absolute atomic E-state index is 0. The fraction of sp³-hybridized carbons (Fsp3) is 0.217. The SMILES string of the molecule is COc1cccc(-c2cc(F)cc([C@H](CC(=O)O)NC(=O)NC3C(=O)C=CN(C)C3=O)c2)c1.[NaH]. The van der Waals surface area contributed by atoms with Crippen LogP contribution in [0, 0.1) is 5.82 Å². The Hall–Kier alpha value is -3.21. The normalized spacial score (nSPS) is 15.9. The molecule has 0 fully saturated rings. The quantitative estimate of drug-likeness (QED) is 0.409. The number of halogens is 1. The number of aliphatic carboxylic acids is 1.